The fourth-order valence-corrected chi connectivity index (χ4v) is 3.64. The number of hydrogen-bond acceptors (Lipinski definition) is 4. The number of nitrogens with zero attached hydrogens (tertiary/aromatic N) is 4. The summed E-state index contributed by atoms with van der Waals surface area (Å²) in [5.41, 5.74) is 0.956. The summed E-state index contributed by atoms with van der Waals surface area (Å²) in [7, 11) is 1.86. The van der Waals surface area contributed by atoms with Gasteiger partial charge < -0.3 is 9.55 Å². The van der Waals surface area contributed by atoms with E-state index in [2.05, 4.69) is 26.8 Å². The van der Waals surface area contributed by atoms with Crippen LogP contribution in [0.1, 0.15) is 54.7 Å². The van der Waals surface area contributed by atoms with Crippen LogP contribution in [0.15, 0.2) is 12.4 Å². The fourth-order valence-electron chi connectivity index (χ4n) is 3.43. The summed E-state index contributed by atoms with van der Waals surface area (Å²) in [6.45, 7) is 4.59. The second-order valence-electron chi connectivity index (χ2n) is 6.86. The molecule has 2 aromatic rings. The van der Waals surface area contributed by atoms with E-state index in [0.717, 1.165) is 56.7 Å². The molecule has 0 saturated carbocycles. The molecule has 0 amide bonds. The van der Waals surface area contributed by atoms with Crippen molar-refractivity contribution in [1.82, 2.24) is 24.4 Å². The Morgan fingerprint density at radius 1 is 1.48 bits per heavy atom. The van der Waals surface area contributed by atoms with Gasteiger partial charge in [0.15, 0.2) is 11.0 Å². The van der Waals surface area contributed by atoms with Crippen molar-refractivity contribution < 1.29 is 4.79 Å². The van der Waals surface area contributed by atoms with Crippen LogP contribution in [0.3, 0.4) is 0 Å². The molecule has 7 heteroatoms. The summed E-state index contributed by atoms with van der Waals surface area (Å²) in [6, 6.07) is 0. The van der Waals surface area contributed by atoms with Crippen LogP contribution in [0.2, 0.25) is 5.15 Å². The first-order chi connectivity index (χ1) is 12.1. The normalized spacial score (nSPS) is 18.6. The Labute approximate surface area is 153 Å². The van der Waals surface area contributed by atoms with E-state index in [1.54, 1.807) is 10.8 Å². The minimum Gasteiger partial charge on any atom is -0.344 e. The maximum atomic E-state index is 12.7. The largest absolute Gasteiger partial charge is 0.344 e. The van der Waals surface area contributed by atoms with Crippen molar-refractivity contribution in [3.63, 3.8) is 0 Å². The first-order valence-corrected chi connectivity index (χ1v) is 9.43. The number of aryl methyl sites for hydroxylation is 2. The number of imidazole rings is 2. The van der Waals surface area contributed by atoms with Gasteiger partial charge in [-0.15, -0.1) is 0 Å². The van der Waals surface area contributed by atoms with Crippen LogP contribution in [0.4, 0.5) is 0 Å². The number of hydrogen-bond donors (Lipinski definition) is 1. The number of halogens is 1. The fraction of sp³-hybridized carbons (Fsp3) is 0.611. The number of carbonyl (C=O) groups is 1. The van der Waals surface area contributed by atoms with Gasteiger partial charge in [-0.05, 0) is 25.8 Å². The molecule has 2 aromatic heterocycles. The molecule has 0 spiro atoms. The molecule has 1 saturated heterocycles. The highest BCUT2D eigenvalue weighted by Crippen LogP contribution is 2.23. The SMILES string of the molecule is CCCCc1nc(Cl)c(CN2CCC[C@H](C(=O)c3nccn3C)C2)[nH]1. The van der Waals surface area contributed by atoms with Gasteiger partial charge in [-0.1, -0.05) is 24.9 Å². The van der Waals surface area contributed by atoms with E-state index in [-0.39, 0.29) is 11.7 Å². The van der Waals surface area contributed by atoms with E-state index < -0.39 is 0 Å². The van der Waals surface area contributed by atoms with Crippen LogP contribution in [0.5, 0.6) is 0 Å². The van der Waals surface area contributed by atoms with Gasteiger partial charge in [-0.3, -0.25) is 9.69 Å². The topological polar surface area (TPSA) is 66.8 Å². The van der Waals surface area contributed by atoms with Crippen molar-refractivity contribution in [3.05, 3.63) is 34.9 Å². The zero-order chi connectivity index (χ0) is 17.8. The van der Waals surface area contributed by atoms with Gasteiger partial charge in [0.05, 0.1) is 5.69 Å². The van der Waals surface area contributed by atoms with E-state index in [1.165, 1.54) is 0 Å². The molecule has 0 aromatic carbocycles. The summed E-state index contributed by atoms with van der Waals surface area (Å²) in [4.78, 5) is 27.0. The van der Waals surface area contributed by atoms with Crippen LogP contribution in [-0.4, -0.2) is 43.3 Å². The van der Waals surface area contributed by atoms with Crippen LogP contribution < -0.4 is 0 Å². The lowest BCUT2D eigenvalue weighted by Gasteiger charge is -2.31. The molecule has 3 heterocycles. The average molecular weight is 364 g/mol. The smallest absolute Gasteiger partial charge is 0.202 e. The molecule has 0 unspecified atom stereocenters. The monoisotopic (exact) mass is 363 g/mol. The minimum absolute atomic E-state index is 0.00360. The minimum atomic E-state index is -0.00360. The van der Waals surface area contributed by atoms with E-state index in [4.69, 9.17) is 11.6 Å². The lowest BCUT2D eigenvalue weighted by molar-refractivity contribution is 0.0796. The predicted octanol–water partition coefficient (Wildman–Crippen LogP) is 3.23. The molecule has 1 aliphatic rings. The second-order valence-corrected chi connectivity index (χ2v) is 7.21. The Bertz CT molecular complexity index is 723. The van der Waals surface area contributed by atoms with Gasteiger partial charge >= 0.3 is 0 Å². The lowest BCUT2D eigenvalue weighted by Crippen LogP contribution is -2.39. The number of unbranched alkanes of at least 4 members (excludes halogenated alkanes) is 1. The number of H-pyrrole nitrogens is 1. The number of likely N-dealkylation sites (tertiary alicyclic amines) is 1. The quantitative estimate of drug-likeness (QED) is 0.767. The number of rotatable bonds is 7. The Kier molecular flexibility index (Phi) is 5.91. The molecule has 0 bridgehead atoms. The first-order valence-electron chi connectivity index (χ1n) is 9.05. The predicted molar refractivity (Wildman–Crippen MR) is 97.7 cm³/mol. The molecule has 3 rings (SSSR count). The van der Waals surface area contributed by atoms with Gasteiger partial charge in [0.2, 0.25) is 5.78 Å². The number of Topliss-reactive ketones (excluding diaryl/α,β-unsaturated/α-hetero) is 1. The molecule has 0 radical (unpaired) electrons. The third-order valence-electron chi connectivity index (χ3n) is 4.84. The maximum absolute atomic E-state index is 12.7. The van der Waals surface area contributed by atoms with Crippen LogP contribution in [0, 0.1) is 5.92 Å². The summed E-state index contributed by atoms with van der Waals surface area (Å²) in [5.74, 6) is 1.64. The summed E-state index contributed by atoms with van der Waals surface area (Å²) < 4.78 is 1.80. The van der Waals surface area contributed by atoms with Crippen molar-refractivity contribution in [3.8, 4) is 0 Å². The Balaban J connectivity index is 1.63. The van der Waals surface area contributed by atoms with E-state index in [0.29, 0.717) is 17.5 Å². The van der Waals surface area contributed by atoms with Crippen molar-refractivity contribution in [1.29, 1.82) is 0 Å². The van der Waals surface area contributed by atoms with E-state index in [9.17, 15) is 4.79 Å². The second kappa shape index (κ2) is 8.15. The Morgan fingerprint density at radius 2 is 2.32 bits per heavy atom. The summed E-state index contributed by atoms with van der Waals surface area (Å²) in [6.07, 6.45) is 8.59. The van der Waals surface area contributed by atoms with Gasteiger partial charge in [-0.25, -0.2) is 9.97 Å². The van der Waals surface area contributed by atoms with E-state index >= 15 is 0 Å². The lowest BCUT2D eigenvalue weighted by atomic mass is 9.93. The molecular formula is C18H26ClN5O. The maximum Gasteiger partial charge on any atom is 0.202 e. The molecule has 1 atom stereocenters. The van der Waals surface area contributed by atoms with Crippen molar-refractivity contribution in [2.45, 2.75) is 45.6 Å². The highest BCUT2D eigenvalue weighted by atomic mass is 35.5. The summed E-state index contributed by atoms with van der Waals surface area (Å²) >= 11 is 6.29. The van der Waals surface area contributed by atoms with Crippen LogP contribution in [-0.2, 0) is 20.0 Å². The Hall–Kier alpha value is -1.66. The molecule has 136 valence electrons. The van der Waals surface area contributed by atoms with Crippen LogP contribution >= 0.6 is 11.6 Å². The average Bonchev–Trinajstić information content (AvgIpc) is 3.18. The first kappa shape index (κ1) is 18.1. The molecule has 25 heavy (non-hydrogen) atoms. The number of aromatic nitrogens is 4. The van der Waals surface area contributed by atoms with Gasteiger partial charge in [-0.2, -0.15) is 0 Å². The highest BCUT2D eigenvalue weighted by molar-refractivity contribution is 6.30. The molecule has 0 aliphatic carbocycles. The molecule has 1 N–H and O–H groups in total. The highest BCUT2D eigenvalue weighted by Gasteiger charge is 2.29. The number of nitrogens with one attached hydrogen (secondary N) is 1. The molecule has 1 aliphatic heterocycles. The van der Waals surface area contributed by atoms with Crippen molar-refractivity contribution >= 4 is 17.4 Å². The third kappa shape index (κ3) is 4.30. The van der Waals surface area contributed by atoms with Crippen molar-refractivity contribution in [2.24, 2.45) is 13.0 Å². The Morgan fingerprint density at radius 3 is 3.04 bits per heavy atom. The zero-order valence-corrected chi connectivity index (χ0v) is 15.7. The zero-order valence-electron chi connectivity index (χ0n) is 15.0. The van der Waals surface area contributed by atoms with E-state index in [1.807, 2.05) is 13.2 Å². The number of aromatic amines is 1. The number of piperidine rings is 1. The van der Waals surface area contributed by atoms with Crippen LogP contribution in [0.25, 0.3) is 0 Å². The summed E-state index contributed by atoms with van der Waals surface area (Å²) in [5, 5.41) is 0.559. The standard InChI is InChI=1S/C18H26ClN5O/c1-3-4-7-15-21-14(17(19)22-15)12-24-9-5-6-13(11-24)16(25)18-20-8-10-23(18)2/h8,10,13H,3-7,9,11-12H2,1-2H3,(H,21,22)/t13-/m0/s1. The number of carbonyl (C=O) groups excluding carboxylic acids is 1. The molecule has 1 fully saturated rings. The number of ketones is 1. The molecular weight excluding hydrogens is 338 g/mol. The third-order valence-corrected chi connectivity index (χ3v) is 5.16. The molecule has 6 nitrogen and oxygen atoms in total. The van der Waals surface area contributed by atoms with Gasteiger partial charge in [0, 0.05) is 44.9 Å². The van der Waals surface area contributed by atoms with Gasteiger partial charge in [0.1, 0.15) is 5.82 Å². The van der Waals surface area contributed by atoms with Crippen molar-refractivity contribution in [2.75, 3.05) is 13.1 Å². The van der Waals surface area contributed by atoms with Gasteiger partial charge in [0.25, 0.3) is 0 Å².